The number of aromatic nitrogens is 3. The van der Waals surface area contributed by atoms with E-state index in [1.165, 1.54) is 23.7 Å². The van der Waals surface area contributed by atoms with E-state index in [0.29, 0.717) is 30.2 Å². The normalized spacial score (nSPS) is 16.1. The number of aliphatic hydroxyl groups is 1. The third-order valence-corrected chi connectivity index (χ3v) is 8.24. The SMILES string of the molecule is O=C(Nc1cc(CN2CCC[C@@H]2CO)cc(C(F)(F)F)c1)Nc1ncc(CCNc2ncnc3ccsc23)s1. The molecule has 0 bridgehead atoms. The van der Waals surface area contributed by atoms with Gasteiger partial charge in [0.2, 0.25) is 0 Å². The predicted octanol–water partition coefficient (Wildman–Crippen LogP) is 5.42. The molecule has 14 heteroatoms. The summed E-state index contributed by atoms with van der Waals surface area (Å²) in [6, 6.07) is 4.69. The fraction of sp³-hybridized carbons (Fsp3) is 0.360. The Kier molecular flexibility index (Phi) is 8.26. The van der Waals surface area contributed by atoms with Crippen LogP contribution in [0.4, 0.5) is 34.6 Å². The number of anilines is 3. The number of likely N-dealkylation sites (tertiary alicyclic amines) is 1. The van der Waals surface area contributed by atoms with Gasteiger partial charge < -0.3 is 15.7 Å². The number of nitrogens with one attached hydrogen (secondary N) is 3. The fourth-order valence-electron chi connectivity index (χ4n) is 4.52. The van der Waals surface area contributed by atoms with Crippen LogP contribution in [0.3, 0.4) is 0 Å². The first-order valence-corrected chi connectivity index (χ1v) is 14.0. The molecular weight excluding hydrogens is 551 g/mol. The second kappa shape index (κ2) is 11.8. The van der Waals surface area contributed by atoms with Crippen LogP contribution < -0.4 is 16.0 Å². The first kappa shape index (κ1) is 27.2. The molecule has 1 aliphatic heterocycles. The lowest BCUT2D eigenvalue weighted by Crippen LogP contribution is -2.31. The van der Waals surface area contributed by atoms with Crippen molar-refractivity contribution in [2.75, 3.05) is 35.6 Å². The van der Waals surface area contributed by atoms with Crippen molar-refractivity contribution < 1.29 is 23.1 Å². The molecule has 39 heavy (non-hydrogen) atoms. The van der Waals surface area contributed by atoms with Crippen LogP contribution >= 0.6 is 22.7 Å². The molecule has 1 atom stereocenters. The van der Waals surface area contributed by atoms with Gasteiger partial charge in [-0.05, 0) is 54.6 Å². The number of rotatable bonds is 9. The van der Waals surface area contributed by atoms with Gasteiger partial charge in [0.05, 0.1) is 22.4 Å². The number of urea groups is 1. The van der Waals surface area contributed by atoms with E-state index < -0.39 is 17.8 Å². The van der Waals surface area contributed by atoms with E-state index in [9.17, 15) is 23.1 Å². The van der Waals surface area contributed by atoms with Crippen molar-refractivity contribution >= 4 is 55.6 Å². The van der Waals surface area contributed by atoms with Crippen molar-refractivity contribution in [3.8, 4) is 0 Å². The molecule has 1 fully saturated rings. The summed E-state index contributed by atoms with van der Waals surface area (Å²) < 4.78 is 41.7. The van der Waals surface area contributed by atoms with E-state index in [1.807, 2.05) is 16.3 Å². The highest BCUT2D eigenvalue weighted by molar-refractivity contribution is 7.17. The zero-order chi connectivity index (χ0) is 27.4. The largest absolute Gasteiger partial charge is 0.416 e. The fourth-order valence-corrected chi connectivity index (χ4v) is 6.14. The third-order valence-electron chi connectivity index (χ3n) is 6.35. The lowest BCUT2D eigenvalue weighted by Gasteiger charge is -2.23. The summed E-state index contributed by atoms with van der Waals surface area (Å²) in [4.78, 5) is 28.2. The topological polar surface area (TPSA) is 115 Å². The van der Waals surface area contributed by atoms with E-state index in [-0.39, 0.29) is 24.9 Å². The van der Waals surface area contributed by atoms with Crippen LogP contribution in [0.2, 0.25) is 0 Å². The number of nitrogens with zero attached hydrogens (tertiary/aromatic N) is 4. The molecule has 206 valence electrons. The van der Waals surface area contributed by atoms with Crippen molar-refractivity contribution in [3.05, 3.63) is 58.2 Å². The molecule has 2 amide bonds. The van der Waals surface area contributed by atoms with Crippen LogP contribution in [-0.2, 0) is 19.1 Å². The van der Waals surface area contributed by atoms with E-state index in [1.54, 1.807) is 17.5 Å². The molecule has 4 aromatic rings. The lowest BCUT2D eigenvalue weighted by atomic mass is 10.1. The van der Waals surface area contributed by atoms with Gasteiger partial charge in [-0.15, -0.1) is 22.7 Å². The number of carbonyl (C=O) groups is 1. The third kappa shape index (κ3) is 6.82. The number of hydrogen-bond acceptors (Lipinski definition) is 9. The predicted molar refractivity (Wildman–Crippen MR) is 146 cm³/mol. The minimum absolute atomic E-state index is 0.0304. The first-order valence-electron chi connectivity index (χ1n) is 12.3. The highest BCUT2D eigenvalue weighted by atomic mass is 32.1. The second-order valence-corrected chi connectivity index (χ2v) is 11.1. The first-order chi connectivity index (χ1) is 18.8. The summed E-state index contributed by atoms with van der Waals surface area (Å²) >= 11 is 2.84. The van der Waals surface area contributed by atoms with Crippen molar-refractivity contribution in [1.29, 1.82) is 0 Å². The molecule has 0 aliphatic carbocycles. The number of benzene rings is 1. The number of alkyl halides is 3. The van der Waals surface area contributed by atoms with Crippen LogP contribution in [0.15, 0.2) is 42.2 Å². The number of halogens is 3. The molecule has 0 spiro atoms. The Morgan fingerprint density at radius 3 is 2.87 bits per heavy atom. The average molecular weight is 578 g/mol. The summed E-state index contributed by atoms with van der Waals surface area (Å²) in [5, 5.41) is 20.2. The summed E-state index contributed by atoms with van der Waals surface area (Å²) in [6.45, 7) is 1.50. The number of amides is 2. The maximum atomic E-state index is 13.6. The lowest BCUT2D eigenvalue weighted by molar-refractivity contribution is -0.137. The molecule has 1 aromatic carbocycles. The number of thiophene rings is 1. The van der Waals surface area contributed by atoms with Gasteiger partial charge in [0, 0.05) is 42.3 Å². The van der Waals surface area contributed by atoms with Gasteiger partial charge in [0.1, 0.15) is 12.1 Å². The van der Waals surface area contributed by atoms with E-state index >= 15 is 0 Å². The molecule has 1 aliphatic rings. The van der Waals surface area contributed by atoms with Gasteiger partial charge in [-0.25, -0.2) is 19.7 Å². The Balaban J connectivity index is 1.19. The maximum Gasteiger partial charge on any atom is 0.416 e. The van der Waals surface area contributed by atoms with Crippen LogP contribution in [0.5, 0.6) is 0 Å². The smallest absolute Gasteiger partial charge is 0.395 e. The van der Waals surface area contributed by atoms with Crippen molar-refractivity contribution in [3.63, 3.8) is 0 Å². The average Bonchev–Trinajstić information content (AvgIpc) is 3.65. The van der Waals surface area contributed by atoms with E-state index in [0.717, 1.165) is 45.9 Å². The number of carbonyl (C=O) groups excluding carboxylic acids is 1. The van der Waals surface area contributed by atoms with Gasteiger partial charge in [-0.1, -0.05) is 0 Å². The molecule has 4 heterocycles. The molecule has 4 N–H and O–H groups in total. The Morgan fingerprint density at radius 1 is 1.18 bits per heavy atom. The summed E-state index contributed by atoms with van der Waals surface area (Å²) in [6.07, 6.45) is 0.912. The molecule has 0 unspecified atom stereocenters. The zero-order valence-corrected chi connectivity index (χ0v) is 22.3. The molecule has 0 radical (unpaired) electrons. The van der Waals surface area contributed by atoms with Crippen LogP contribution in [0.1, 0.15) is 28.8 Å². The molecular formula is C25H26F3N7O2S2. The Hall–Kier alpha value is -3.33. The Bertz CT molecular complexity index is 1440. The number of fused-ring (bicyclic) bond motifs is 1. The van der Waals surface area contributed by atoms with Crippen molar-refractivity contribution in [2.45, 2.75) is 38.0 Å². The van der Waals surface area contributed by atoms with E-state index in [2.05, 4.69) is 30.9 Å². The minimum Gasteiger partial charge on any atom is -0.395 e. The molecule has 1 saturated heterocycles. The van der Waals surface area contributed by atoms with Crippen LogP contribution in [0.25, 0.3) is 10.2 Å². The van der Waals surface area contributed by atoms with Gasteiger partial charge in [0.15, 0.2) is 5.13 Å². The van der Waals surface area contributed by atoms with Gasteiger partial charge >= 0.3 is 12.2 Å². The number of thiazole rings is 1. The number of hydrogen-bond donors (Lipinski definition) is 4. The molecule has 5 rings (SSSR count). The van der Waals surface area contributed by atoms with Gasteiger partial charge in [-0.2, -0.15) is 13.2 Å². The van der Waals surface area contributed by atoms with Crippen LogP contribution in [-0.4, -0.2) is 56.7 Å². The second-order valence-electron chi connectivity index (χ2n) is 9.11. The standard InChI is InChI=1S/C25H26F3N7O2S2/c26-25(27,28)16-8-15(12-35-6-1-2-18(35)13-36)9-17(10-16)33-23(37)34-24-30-11-19(39-24)3-5-29-22-21-20(4-7-38-21)31-14-32-22/h4,7-11,14,18,36H,1-3,5-6,12-13H2,(H,29,31,32)(H2,30,33,34,37)/t18-/m1/s1. The van der Waals surface area contributed by atoms with E-state index in [4.69, 9.17) is 0 Å². The summed E-state index contributed by atoms with van der Waals surface area (Å²) in [7, 11) is 0. The highest BCUT2D eigenvalue weighted by Gasteiger charge is 2.32. The van der Waals surface area contributed by atoms with Gasteiger partial charge in [-0.3, -0.25) is 10.2 Å². The quantitative estimate of drug-likeness (QED) is 0.210. The molecule has 0 saturated carbocycles. The number of aliphatic hydroxyl groups excluding tert-OH is 1. The van der Waals surface area contributed by atoms with Crippen LogP contribution in [0, 0.1) is 0 Å². The van der Waals surface area contributed by atoms with Crippen molar-refractivity contribution in [2.24, 2.45) is 0 Å². The maximum absolute atomic E-state index is 13.6. The minimum atomic E-state index is -4.57. The zero-order valence-electron chi connectivity index (χ0n) is 20.7. The van der Waals surface area contributed by atoms with Gasteiger partial charge in [0.25, 0.3) is 0 Å². The summed E-state index contributed by atoms with van der Waals surface area (Å²) in [5.74, 6) is 0.759. The van der Waals surface area contributed by atoms with Crippen molar-refractivity contribution in [1.82, 2.24) is 19.9 Å². The molecule has 9 nitrogen and oxygen atoms in total. The summed E-state index contributed by atoms with van der Waals surface area (Å²) in [5.41, 5.74) is 0.476. The molecule has 3 aromatic heterocycles. The Labute approximate surface area is 230 Å². The monoisotopic (exact) mass is 577 g/mol. The highest BCUT2D eigenvalue weighted by Crippen LogP contribution is 2.33. The Morgan fingerprint density at radius 2 is 2.05 bits per heavy atom.